The molecule has 3 heterocycles. The summed E-state index contributed by atoms with van der Waals surface area (Å²) in [5, 5.41) is 19.2. The van der Waals surface area contributed by atoms with E-state index in [4.69, 9.17) is 9.47 Å². The minimum absolute atomic E-state index is 0.117. The van der Waals surface area contributed by atoms with E-state index in [9.17, 15) is 4.79 Å². The van der Waals surface area contributed by atoms with Crippen LogP contribution in [0.5, 0.6) is 5.88 Å². The van der Waals surface area contributed by atoms with Gasteiger partial charge in [0.25, 0.3) is 0 Å². The Bertz CT molecular complexity index is 1410. The molecule has 1 fully saturated rings. The number of amides is 1. The van der Waals surface area contributed by atoms with Crippen LogP contribution in [0.25, 0.3) is 27.7 Å². The third-order valence-corrected chi connectivity index (χ3v) is 6.12. The zero-order chi connectivity index (χ0) is 25.0. The number of nitrogens with one attached hydrogen (secondary N) is 2. The van der Waals surface area contributed by atoms with E-state index in [0.717, 1.165) is 40.5 Å². The van der Waals surface area contributed by atoms with Gasteiger partial charge in [-0.3, -0.25) is 0 Å². The standard InChI is InChI=1S/C24H30N8O3/c1-23(2,3)35-22(33)27-24(4)12-15(13-24)25-21-26-20(34-6)19-16(9-10-32(19)29-21)14-7-8-17-18(11-14)31(5)30-28-17/h7-11,15H,12-13H2,1-6H3,(H,25,29)(H,27,33). The van der Waals surface area contributed by atoms with Crippen molar-refractivity contribution in [3.8, 4) is 17.0 Å². The Hall–Kier alpha value is -3.89. The lowest BCUT2D eigenvalue weighted by molar-refractivity contribution is 0.0393. The zero-order valence-electron chi connectivity index (χ0n) is 20.8. The predicted octanol–water partition coefficient (Wildman–Crippen LogP) is 3.54. The van der Waals surface area contributed by atoms with Gasteiger partial charge in [-0.25, -0.2) is 14.0 Å². The van der Waals surface area contributed by atoms with E-state index in [0.29, 0.717) is 11.8 Å². The SMILES string of the molecule is COc1nc(NC2CC(C)(NC(=O)OC(C)(C)C)C2)nn2ccc(-c3ccc4nnn(C)c4c3)c12. The molecule has 5 rings (SSSR count). The van der Waals surface area contributed by atoms with Crippen molar-refractivity contribution in [2.24, 2.45) is 7.05 Å². The molecule has 0 spiro atoms. The molecule has 1 aliphatic rings. The quantitative estimate of drug-likeness (QED) is 0.447. The average Bonchev–Trinajstić information content (AvgIpc) is 3.34. The summed E-state index contributed by atoms with van der Waals surface area (Å²) in [5.41, 5.74) is 3.63. The van der Waals surface area contributed by atoms with Crippen molar-refractivity contribution in [2.45, 2.75) is 57.7 Å². The average molecular weight is 479 g/mol. The smallest absolute Gasteiger partial charge is 0.408 e. The lowest BCUT2D eigenvalue weighted by Gasteiger charge is -2.45. The lowest BCUT2D eigenvalue weighted by Crippen LogP contribution is -2.60. The van der Waals surface area contributed by atoms with Gasteiger partial charge < -0.3 is 20.1 Å². The molecule has 35 heavy (non-hydrogen) atoms. The molecule has 0 unspecified atom stereocenters. The number of carbonyl (C=O) groups is 1. The molecule has 0 bridgehead atoms. The molecular formula is C24H30N8O3. The minimum Gasteiger partial charge on any atom is -0.479 e. The highest BCUT2D eigenvalue weighted by molar-refractivity contribution is 5.89. The number of carbonyl (C=O) groups excluding carboxylic acids is 1. The molecule has 11 nitrogen and oxygen atoms in total. The van der Waals surface area contributed by atoms with Crippen LogP contribution in [0.4, 0.5) is 10.7 Å². The van der Waals surface area contributed by atoms with Crippen molar-refractivity contribution < 1.29 is 14.3 Å². The molecule has 0 atom stereocenters. The van der Waals surface area contributed by atoms with Gasteiger partial charge in [0.15, 0.2) is 0 Å². The Kier molecular flexibility index (Phi) is 5.30. The highest BCUT2D eigenvalue weighted by Crippen LogP contribution is 2.36. The van der Waals surface area contributed by atoms with Crippen LogP contribution in [-0.4, -0.2) is 60.0 Å². The van der Waals surface area contributed by atoms with Gasteiger partial charge in [-0.2, -0.15) is 4.98 Å². The van der Waals surface area contributed by atoms with Gasteiger partial charge in [0.2, 0.25) is 11.8 Å². The summed E-state index contributed by atoms with van der Waals surface area (Å²) in [7, 11) is 3.47. The van der Waals surface area contributed by atoms with Gasteiger partial charge in [0, 0.05) is 30.4 Å². The monoisotopic (exact) mass is 478 g/mol. The fourth-order valence-electron chi connectivity index (χ4n) is 4.59. The maximum Gasteiger partial charge on any atom is 0.408 e. The summed E-state index contributed by atoms with van der Waals surface area (Å²) in [5.74, 6) is 0.937. The number of hydrogen-bond donors (Lipinski definition) is 2. The van der Waals surface area contributed by atoms with E-state index < -0.39 is 11.7 Å². The number of aryl methyl sites for hydroxylation is 1. The number of aromatic nitrogens is 6. The molecule has 2 N–H and O–H groups in total. The van der Waals surface area contributed by atoms with E-state index in [1.54, 1.807) is 16.3 Å². The molecular weight excluding hydrogens is 448 g/mol. The summed E-state index contributed by atoms with van der Waals surface area (Å²) in [6.07, 6.45) is 2.94. The van der Waals surface area contributed by atoms with Crippen LogP contribution in [-0.2, 0) is 11.8 Å². The van der Waals surface area contributed by atoms with Crippen LogP contribution in [0.2, 0.25) is 0 Å². The van der Waals surface area contributed by atoms with Crippen LogP contribution in [0.3, 0.4) is 0 Å². The second-order valence-electron chi connectivity index (χ2n) is 10.3. The van der Waals surface area contributed by atoms with Gasteiger partial charge in [0.05, 0.1) is 12.6 Å². The number of rotatable bonds is 5. The Balaban J connectivity index is 1.34. The van der Waals surface area contributed by atoms with Gasteiger partial charge in [-0.05, 0) is 64.3 Å². The van der Waals surface area contributed by atoms with Gasteiger partial charge in [-0.1, -0.05) is 11.3 Å². The van der Waals surface area contributed by atoms with Crippen molar-refractivity contribution in [2.75, 3.05) is 12.4 Å². The van der Waals surface area contributed by atoms with E-state index in [1.165, 1.54) is 0 Å². The maximum absolute atomic E-state index is 12.2. The summed E-state index contributed by atoms with van der Waals surface area (Å²) >= 11 is 0. The fourth-order valence-corrected chi connectivity index (χ4v) is 4.59. The van der Waals surface area contributed by atoms with Crippen molar-refractivity contribution in [3.05, 3.63) is 30.5 Å². The number of ether oxygens (including phenoxy) is 2. The van der Waals surface area contributed by atoms with Crippen LogP contribution in [0.15, 0.2) is 30.5 Å². The van der Waals surface area contributed by atoms with E-state index >= 15 is 0 Å². The molecule has 1 aliphatic carbocycles. The summed E-state index contributed by atoms with van der Waals surface area (Å²) < 4.78 is 14.5. The van der Waals surface area contributed by atoms with E-state index in [1.807, 2.05) is 65.2 Å². The molecule has 4 aromatic rings. The van der Waals surface area contributed by atoms with Crippen LogP contribution in [0, 0.1) is 0 Å². The molecule has 1 saturated carbocycles. The van der Waals surface area contributed by atoms with Crippen LogP contribution >= 0.6 is 0 Å². The molecule has 3 aromatic heterocycles. The number of anilines is 1. The Morgan fingerprint density at radius 1 is 1.23 bits per heavy atom. The first kappa shape index (κ1) is 22.9. The number of alkyl carbamates (subject to hydrolysis) is 1. The largest absolute Gasteiger partial charge is 0.479 e. The molecule has 184 valence electrons. The number of benzene rings is 1. The molecule has 0 radical (unpaired) electrons. The van der Waals surface area contributed by atoms with E-state index in [-0.39, 0.29) is 11.6 Å². The minimum atomic E-state index is -0.530. The third kappa shape index (κ3) is 4.45. The second-order valence-corrected chi connectivity index (χ2v) is 10.3. The van der Waals surface area contributed by atoms with Crippen molar-refractivity contribution in [1.29, 1.82) is 0 Å². The van der Waals surface area contributed by atoms with Crippen LogP contribution in [0.1, 0.15) is 40.5 Å². The summed E-state index contributed by atoms with van der Waals surface area (Å²) in [6.45, 7) is 7.55. The molecule has 1 aromatic carbocycles. The number of methoxy groups -OCH3 is 1. The highest BCUT2D eigenvalue weighted by atomic mass is 16.6. The first-order valence-electron chi connectivity index (χ1n) is 11.5. The third-order valence-electron chi connectivity index (χ3n) is 6.12. The Labute approximate surface area is 202 Å². The van der Waals surface area contributed by atoms with Crippen LogP contribution < -0.4 is 15.4 Å². The molecule has 0 saturated heterocycles. The first-order chi connectivity index (χ1) is 16.5. The summed E-state index contributed by atoms with van der Waals surface area (Å²) in [4.78, 5) is 16.8. The first-order valence-corrected chi connectivity index (χ1v) is 11.5. The fraction of sp³-hybridized carbons (Fsp3) is 0.458. The van der Waals surface area contributed by atoms with Gasteiger partial charge >= 0.3 is 6.09 Å². The van der Waals surface area contributed by atoms with Gasteiger partial charge in [-0.15, -0.1) is 10.2 Å². The van der Waals surface area contributed by atoms with Crippen molar-refractivity contribution in [3.63, 3.8) is 0 Å². The second kappa shape index (κ2) is 8.10. The van der Waals surface area contributed by atoms with Gasteiger partial charge in [0.1, 0.15) is 16.6 Å². The zero-order valence-corrected chi connectivity index (χ0v) is 20.8. The number of nitrogens with zero attached hydrogens (tertiary/aromatic N) is 6. The topological polar surface area (TPSA) is 120 Å². The normalized spacial score (nSPS) is 20.0. The molecule has 0 aliphatic heterocycles. The summed E-state index contributed by atoms with van der Waals surface area (Å²) in [6, 6.07) is 8.11. The number of fused-ring (bicyclic) bond motifs is 2. The Morgan fingerprint density at radius 2 is 2.00 bits per heavy atom. The van der Waals surface area contributed by atoms with Crippen molar-refractivity contribution >= 4 is 28.6 Å². The Morgan fingerprint density at radius 3 is 2.71 bits per heavy atom. The predicted molar refractivity (Wildman–Crippen MR) is 131 cm³/mol. The maximum atomic E-state index is 12.2. The lowest BCUT2D eigenvalue weighted by atomic mass is 9.74. The molecule has 1 amide bonds. The number of hydrogen-bond acceptors (Lipinski definition) is 8. The molecule has 11 heteroatoms. The van der Waals surface area contributed by atoms with Crippen molar-refractivity contribution in [1.82, 2.24) is 34.9 Å². The highest BCUT2D eigenvalue weighted by Gasteiger charge is 2.42. The van der Waals surface area contributed by atoms with E-state index in [2.05, 4.69) is 31.0 Å².